The summed E-state index contributed by atoms with van der Waals surface area (Å²) in [7, 11) is 0. The summed E-state index contributed by atoms with van der Waals surface area (Å²) in [5.74, 6) is -0.775. The Bertz CT molecular complexity index is 676. The molecule has 0 heterocycles. The van der Waals surface area contributed by atoms with Crippen molar-refractivity contribution in [3.8, 4) is 0 Å². The second-order valence-electron chi connectivity index (χ2n) is 4.31. The van der Waals surface area contributed by atoms with E-state index >= 15 is 0 Å². The molecule has 0 aliphatic carbocycles. The molecule has 7 heteroatoms. The Balaban J connectivity index is 1.92. The lowest BCUT2D eigenvalue weighted by Gasteiger charge is -2.09. The van der Waals surface area contributed by atoms with E-state index in [1.54, 1.807) is 12.1 Å². The third-order valence-electron chi connectivity index (χ3n) is 2.67. The Hall–Kier alpha value is -3.09. The van der Waals surface area contributed by atoms with E-state index in [0.717, 1.165) is 11.6 Å². The highest BCUT2D eigenvalue weighted by molar-refractivity contribution is 5.86. The molecule has 0 radical (unpaired) electrons. The predicted octanol–water partition coefficient (Wildman–Crippen LogP) is 3.66. The van der Waals surface area contributed by atoms with Crippen LogP contribution in [0.1, 0.15) is 5.56 Å². The third kappa shape index (κ3) is 4.48. The van der Waals surface area contributed by atoms with Gasteiger partial charge in [-0.1, -0.05) is 30.3 Å². The van der Waals surface area contributed by atoms with E-state index < -0.39 is 18.0 Å². The van der Waals surface area contributed by atoms with Crippen LogP contribution in [0.3, 0.4) is 0 Å². The summed E-state index contributed by atoms with van der Waals surface area (Å²) in [5, 5.41) is 12.8. The van der Waals surface area contributed by atoms with E-state index in [1.807, 2.05) is 23.5 Å². The van der Waals surface area contributed by atoms with Gasteiger partial charge in [-0.15, -0.1) is 0 Å². The van der Waals surface area contributed by atoms with Gasteiger partial charge in [0.1, 0.15) is 12.4 Å². The molecule has 2 rings (SSSR count). The molecule has 6 nitrogen and oxygen atoms in total. The van der Waals surface area contributed by atoms with Crippen LogP contribution >= 0.6 is 0 Å². The molecule has 2 aromatic carbocycles. The minimum absolute atomic E-state index is 0.0624. The van der Waals surface area contributed by atoms with Crippen molar-refractivity contribution >= 4 is 23.6 Å². The van der Waals surface area contributed by atoms with Crippen molar-refractivity contribution < 1.29 is 23.8 Å². The van der Waals surface area contributed by atoms with E-state index in [9.17, 15) is 14.0 Å². The van der Waals surface area contributed by atoms with Crippen LogP contribution in [0.2, 0.25) is 0 Å². The first-order valence-corrected chi connectivity index (χ1v) is 6.32. The molecule has 0 aliphatic rings. The SMILES string of the molecule is O=C(O)Nc1ccc(NC(=O)OCc2ccccc2)c(F)c1. The van der Waals surface area contributed by atoms with Crippen LogP contribution in [0.4, 0.5) is 25.4 Å². The van der Waals surface area contributed by atoms with E-state index in [1.165, 1.54) is 12.1 Å². The van der Waals surface area contributed by atoms with Crippen molar-refractivity contribution in [1.82, 2.24) is 0 Å². The van der Waals surface area contributed by atoms with Crippen molar-refractivity contribution in [3.63, 3.8) is 0 Å². The number of hydrogen-bond donors (Lipinski definition) is 3. The number of hydrogen-bond acceptors (Lipinski definition) is 3. The molecule has 2 aromatic rings. The largest absolute Gasteiger partial charge is 0.465 e. The number of benzene rings is 2. The van der Waals surface area contributed by atoms with Gasteiger partial charge in [0.25, 0.3) is 0 Å². The maximum atomic E-state index is 13.7. The van der Waals surface area contributed by atoms with Gasteiger partial charge in [0, 0.05) is 5.69 Å². The molecule has 0 fully saturated rings. The molecule has 0 saturated heterocycles. The van der Waals surface area contributed by atoms with Crippen molar-refractivity contribution in [2.45, 2.75) is 6.61 Å². The standard InChI is InChI=1S/C15H13FN2O4/c16-12-8-11(17-14(19)20)6-7-13(12)18-15(21)22-9-10-4-2-1-3-5-10/h1-8,17H,9H2,(H,18,21)(H,19,20). The molecule has 2 amide bonds. The fourth-order valence-electron chi connectivity index (χ4n) is 1.69. The number of amides is 2. The highest BCUT2D eigenvalue weighted by Gasteiger charge is 2.09. The molecule has 0 spiro atoms. The smallest absolute Gasteiger partial charge is 0.412 e. The molecule has 3 N–H and O–H groups in total. The molecule has 0 bridgehead atoms. The lowest BCUT2D eigenvalue weighted by atomic mass is 10.2. The number of carbonyl (C=O) groups is 2. The van der Waals surface area contributed by atoms with Gasteiger partial charge >= 0.3 is 12.2 Å². The number of ether oxygens (including phenoxy) is 1. The minimum Gasteiger partial charge on any atom is -0.465 e. The van der Waals surface area contributed by atoms with Gasteiger partial charge in [-0.05, 0) is 23.8 Å². The maximum Gasteiger partial charge on any atom is 0.412 e. The summed E-state index contributed by atoms with van der Waals surface area (Å²) >= 11 is 0. The van der Waals surface area contributed by atoms with E-state index in [2.05, 4.69) is 5.32 Å². The Morgan fingerprint density at radius 2 is 1.82 bits per heavy atom. The quantitative estimate of drug-likeness (QED) is 0.804. The summed E-state index contributed by atoms with van der Waals surface area (Å²) < 4.78 is 18.7. The van der Waals surface area contributed by atoms with Gasteiger partial charge in [-0.3, -0.25) is 10.6 Å². The number of anilines is 2. The summed E-state index contributed by atoms with van der Waals surface area (Å²) in [4.78, 5) is 22.0. The molecule has 114 valence electrons. The van der Waals surface area contributed by atoms with Crippen LogP contribution in [-0.2, 0) is 11.3 Å². The van der Waals surface area contributed by atoms with Crippen molar-refractivity contribution in [1.29, 1.82) is 0 Å². The summed E-state index contributed by atoms with van der Waals surface area (Å²) in [5.41, 5.74) is 0.765. The fraction of sp³-hybridized carbons (Fsp3) is 0.0667. The zero-order valence-corrected chi connectivity index (χ0v) is 11.4. The third-order valence-corrected chi connectivity index (χ3v) is 2.67. The van der Waals surface area contributed by atoms with Gasteiger partial charge in [0.15, 0.2) is 0 Å². The zero-order chi connectivity index (χ0) is 15.9. The van der Waals surface area contributed by atoms with Crippen LogP contribution in [0.5, 0.6) is 0 Å². The molecule has 0 aliphatic heterocycles. The molecule has 0 saturated carbocycles. The first kappa shape index (κ1) is 15.3. The fourth-order valence-corrected chi connectivity index (χ4v) is 1.69. The van der Waals surface area contributed by atoms with Gasteiger partial charge in [0.2, 0.25) is 0 Å². The highest BCUT2D eigenvalue weighted by atomic mass is 19.1. The Kier molecular flexibility index (Phi) is 4.92. The summed E-state index contributed by atoms with van der Waals surface area (Å²) in [6.45, 7) is 0.0624. The maximum absolute atomic E-state index is 13.7. The van der Waals surface area contributed by atoms with E-state index in [0.29, 0.717) is 0 Å². The number of carboxylic acid groups (broad SMARTS) is 1. The highest BCUT2D eigenvalue weighted by Crippen LogP contribution is 2.19. The molecule has 0 aromatic heterocycles. The Morgan fingerprint density at radius 3 is 2.45 bits per heavy atom. The van der Waals surface area contributed by atoms with Gasteiger partial charge in [0.05, 0.1) is 5.69 Å². The monoisotopic (exact) mass is 304 g/mol. The van der Waals surface area contributed by atoms with Crippen LogP contribution in [0, 0.1) is 5.82 Å². The average Bonchev–Trinajstić information content (AvgIpc) is 2.48. The number of carbonyl (C=O) groups excluding carboxylic acids is 1. The zero-order valence-electron chi connectivity index (χ0n) is 11.4. The lowest BCUT2D eigenvalue weighted by molar-refractivity contribution is 0.155. The van der Waals surface area contributed by atoms with Gasteiger partial charge in [-0.2, -0.15) is 0 Å². The van der Waals surface area contributed by atoms with E-state index in [-0.39, 0.29) is 18.0 Å². The first-order chi connectivity index (χ1) is 10.5. The second kappa shape index (κ2) is 7.07. The van der Waals surface area contributed by atoms with Gasteiger partial charge < -0.3 is 9.84 Å². The minimum atomic E-state index is -1.30. The van der Waals surface area contributed by atoms with E-state index in [4.69, 9.17) is 9.84 Å². The van der Waals surface area contributed by atoms with Gasteiger partial charge in [-0.25, -0.2) is 14.0 Å². The topological polar surface area (TPSA) is 87.7 Å². The summed E-state index contributed by atoms with van der Waals surface area (Å²) in [6, 6.07) is 12.6. The molecular formula is C15H13FN2O4. The number of nitrogens with one attached hydrogen (secondary N) is 2. The average molecular weight is 304 g/mol. The normalized spacial score (nSPS) is 9.86. The molecule has 0 atom stereocenters. The Labute approximate surface area is 125 Å². The van der Waals surface area contributed by atoms with Crippen LogP contribution in [-0.4, -0.2) is 17.3 Å². The van der Waals surface area contributed by atoms with Crippen molar-refractivity contribution in [3.05, 3.63) is 59.9 Å². The van der Waals surface area contributed by atoms with Crippen LogP contribution in [0.25, 0.3) is 0 Å². The molecule has 22 heavy (non-hydrogen) atoms. The van der Waals surface area contributed by atoms with Crippen LogP contribution < -0.4 is 10.6 Å². The molecular weight excluding hydrogens is 291 g/mol. The molecule has 0 unspecified atom stereocenters. The lowest BCUT2D eigenvalue weighted by Crippen LogP contribution is -2.15. The summed E-state index contributed by atoms with van der Waals surface area (Å²) in [6.07, 6.45) is -2.11. The number of rotatable bonds is 4. The van der Waals surface area contributed by atoms with Crippen LogP contribution in [0.15, 0.2) is 48.5 Å². The Morgan fingerprint density at radius 1 is 1.09 bits per heavy atom. The predicted molar refractivity (Wildman–Crippen MR) is 78.3 cm³/mol. The van der Waals surface area contributed by atoms with Crippen molar-refractivity contribution in [2.75, 3.05) is 10.6 Å². The second-order valence-corrected chi connectivity index (χ2v) is 4.31. The number of halogens is 1. The first-order valence-electron chi connectivity index (χ1n) is 6.32. The van der Waals surface area contributed by atoms with Crippen molar-refractivity contribution in [2.24, 2.45) is 0 Å².